The van der Waals surface area contributed by atoms with Gasteiger partial charge in [0, 0.05) is 31.8 Å². The number of methoxy groups -OCH3 is 1. The molecule has 1 unspecified atom stereocenters. The van der Waals surface area contributed by atoms with Gasteiger partial charge < -0.3 is 14.4 Å². The van der Waals surface area contributed by atoms with Crippen LogP contribution in [0, 0.1) is 0 Å². The smallest absolute Gasteiger partial charge is 0.254 e. The molecule has 7 nitrogen and oxygen atoms in total. The van der Waals surface area contributed by atoms with E-state index in [0.717, 1.165) is 30.6 Å². The van der Waals surface area contributed by atoms with Gasteiger partial charge in [-0.15, -0.1) is 0 Å². The zero-order valence-corrected chi connectivity index (χ0v) is 18.8. The summed E-state index contributed by atoms with van der Waals surface area (Å²) in [5.41, 5.74) is 2.50. The average molecular weight is 465 g/mol. The highest BCUT2D eigenvalue weighted by atomic mass is 35.5. The first kappa shape index (κ1) is 22.1. The Morgan fingerprint density at radius 3 is 2.84 bits per heavy atom. The van der Waals surface area contributed by atoms with Gasteiger partial charge in [0.15, 0.2) is 0 Å². The quantitative estimate of drug-likeness (QED) is 0.710. The van der Waals surface area contributed by atoms with Gasteiger partial charge in [-0.2, -0.15) is 0 Å². The van der Waals surface area contributed by atoms with Crippen LogP contribution in [0.15, 0.2) is 41.3 Å². The van der Waals surface area contributed by atoms with E-state index >= 15 is 0 Å². The van der Waals surface area contributed by atoms with Crippen LogP contribution in [0.4, 0.5) is 0 Å². The van der Waals surface area contributed by atoms with Gasteiger partial charge in [0.1, 0.15) is 10.6 Å². The van der Waals surface area contributed by atoms with Gasteiger partial charge in [-0.3, -0.25) is 4.79 Å². The van der Waals surface area contributed by atoms with Crippen molar-refractivity contribution in [3.63, 3.8) is 0 Å². The van der Waals surface area contributed by atoms with E-state index in [-0.39, 0.29) is 34.0 Å². The van der Waals surface area contributed by atoms with Gasteiger partial charge in [-0.05, 0) is 60.7 Å². The molecule has 1 fully saturated rings. The number of hydrogen-bond acceptors (Lipinski definition) is 5. The number of nitrogens with one attached hydrogen (secondary N) is 1. The molecule has 1 atom stereocenters. The molecule has 31 heavy (non-hydrogen) atoms. The largest absolute Gasteiger partial charge is 0.497 e. The molecule has 0 aliphatic carbocycles. The molecular weight excluding hydrogens is 440 g/mol. The lowest BCUT2D eigenvalue weighted by molar-refractivity contribution is 0.0734. The van der Waals surface area contributed by atoms with E-state index in [2.05, 4.69) is 4.72 Å². The molecule has 2 aromatic rings. The Balaban J connectivity index is 1.52. The highest BCUT2D eigenvalue weighted by Crippen LogP contribution is 2.27. The number of nitrogens with zero attached hydrogens (tertiary/aromatic N) is 1. The minimum atomic E-state index is -3.87. The molecule has 0 radical (unpaired) electrons. The van der Waals surface area contributed by atoms with Crippen LogP contribution in [0.5, 0.6) is 5.75 Å². The minimum Gasteiger partial charge on any atom is -0.497 e. The lowest BCUT2D eigenvalue weighted by Gasteiger charge is -2.29. The number of fused-ring (bicyclic) bond motifs is 1. The van der Waals surface area contributed by atoms with E-state index in [1.54, 1.807) is 18.1 Å². The normalized spacial score (nSPS) is 18.6. The van der Waals surface area contributed by atoms with Crippen molar-refractivity contribution in [3.8, 4) is 5.75 Å². The Morgan fingerprint density at radius 1 is 1.26 bits per heavy atom. The molecule has 0 saturated carbocycles. The van der Waals surface area contributed by atoms with Crippen molar-refractivity contribution in [3.05, 3.63) is 58.1 Å². The highest BCUT2D eigenvalue weighted by Gasteiger charge is 2.26. The van der Waals surface area contributed by atoms with Crippen LogP contribution in [0.2, 0.25) is 5.02 Å². The molecule has 166 valence electrons. The molecule has 1 N–H and O–H groups in total. The summed E-state index contributed by atoms with van der Waals surface area (Å²) < 4.78 is 38.9. The van der Waals surface area contributed by atoms with Crippen molar-refractivity contribution in [1.29, 1.82) is 0 Å². The summed E-state index contributed by atoms with van der Waals surface area (Å²) in [4.78, 5) is 14.7. The Bertz CT molecular complexity index is 1080. The second-order valence-corrected chi connectivity index (χ2v) is 9.89. The van der Waals surface area contributed by atoms with E-state index in [4.69, 9.17) is 21.1 Å². The van der Waals surface area contributed by atoms with E-state index in [1.807, 2.05) is 18.2 Å². The predicted octanol–water partition coefficient (Wildman–Crippen LogP) is 3.00. The van der Waals surface area contributed by atoms with Crippen LogP contribution in [0.25, 0.3) is 0 Å². The topological polar surface area (TPSA) is 84.9 Å². The van der Waals surface area contributed by atoms with Crippen molar-refractivity contribution < 1.29 is 22.7 Å². The lowest BCUT2D eigenvalue weighted by atomic mass is 9.99. The third-order valence-corrected chi connectivity index (χ3v) is 7.61. The first-order chi connectivity index (χ1) is 14.9. The molecule has 1 saturated heterocycles. The van der Waals surface area contributed by atoms with Gasteiger partial charge in [-0.25, -0.2) is 13.1 Å². The highest BCUT2D eigenvalue weighted by molar-refractivity contribution is 7.89. The van der Waals surface area contributed by atoms with Crippen molar-refractivity contribution in [2.24, 2.45) is 0 Å². The fraction of sp³-hybridized carbons (Fsp3) is 0.409. The molecule has 2 aliphatic rings. The molecule has 0 bridgehead atoms. The minimum absolute atomic E-state index is 0.0742. The fourth-order valence-electron chi connectivity index (χ4n) is 3.94. The first-order valence-corrected chi connectivity index (χ1v) is 12.1. The Kier molecular flexibility index (Phi) is 6.52. The third kappa shape index (κ3) is 4.87. The summed E-state index contributed by atoms with van der Waals surface area (Å²) in [6, 6.07) is 10.2. The number of halogens is 1. The molecule has 2 aromatic carbocycles. The SMILES string of the molecule is COc1ccc2c(c1)CN(C(=O)c1ccc(Cl)c(S(=O)(=O)NCC3CCCO3)c1)CC2. The van der Waals surface area contributed by atoms with Crippen LogP contribution in [0.3, 0.4) is 0 Å². The maximum absolute atomic E-state index is 13.1. The fourth-order valence-corrected chi connectivity index (χ4v) is 5.53. The average Bonchev–Trinajstić information content (AvgIpc) is 3.30. The zero-order valence-electron chi connectivity index (χ0n) is 17.3. The number of ether oxygens (including phenoxy) is 2. The molecule has 1 amide bonds. The predicted molar refractivity (Wildman–Crippen MR) is 117 cm³/mol. The number of hydrogen-bond donors (Lipinski definition) is 1. The standard InChI is InChI=1S/C22H25ClN2O5S/c1-29-18-6-4-15-8-9-25(14-17(15)11-18)22(26)16-5-7-20(23)21(12-16)31(27,28)24-13-19-3-2-10-30-19/h4-7,11-12,19,24H,2-3,8-10,13-14H2,1H3. The van der Waals surface area contributed by atoms with Crippen LogP contribution >= 0.6 is 11.6 Å². The van der Waals surface area contributed by atoms with E-state index < -0.39 is 10.0 Å². The summed E-state index contributed by atoms with van der Waals surface area (Å²) in [6.45, 7) is 1.82. The number of sulfonamides is 1. The summed E-state index contributed by atoms with van der Waals surface area (Å²) in [5.74, 6) is 0.506. The molecule has 4 rings (SSSR count). The molecule has 2 heterocycles. The number of carbonyl (C=O) groups is 1. The van der Waals surface area contributed by atoms with Crippen molar-refractivity contribution in [2.75, 3.05) is 26.8 Å². The van der Waals surface area contributed by atoms with Gasteiger partial charge in [0.25, 0.3) is 5.91 Å². The second kappa shape index (κ2) is 9.16. The summed E-state index contributed by atoms with van der Waals surface area (Å²) in [7, 11) is -2.26. The van der Waals surface area contributed by atoms with Crippen molar-refractivity contribution in [2.45, 2.75) is 36.8 Å². The third-order valence-electron chi connectivity index (χ3n) is 5.71. The zero-order chi connectivity index (χ0) is 22.0. The second-order valence-electron chi connectivity index (χ2n) is 7.74. The van der Waals surface area contributed by atoms with E-state index in [1.165, 1.54) is 17.7 Å². The van der Waals surface area contributed by atoms with Crippen LogP contribution < -0.4 is 9.46 Å². The maximum Gasteiger partial charge on any atom is 0.254 e. The number of amides is 1. The molecule has 0 aromatic heterocycles. The first-order valence-electron chi connectivity index (χ1n) is 10.2. The Hall–Kier alpha value is -2.13. The summed E-state index contributed by atoms with van der Waals surface area (Å²) >= 11 is 6.18. The van der Waals surface area contributed by atoms with Gasteiger partial charge in [-0.1, -0.05) is 17.7 Å². The number of benzene rings is 2. The molecule has 0 spiro atoms. The van der Waals surface area contributed by atoms with Gasteiger partial charge >= 0.3 is 0 Å². The summed E-state index contributed by atoms with van der Waals surface area (Å²) in [5, 5.41) is 0.0742. The monoisotopic (exact) mass is 464 g/mol. The van der Waals surface area contributed by atoms with E-state index in [0.29, 0.717) is 19.7 Å². The molecular formula is C22H25ClN2O5S. The Morgan fingerprint density at radius 2 is 2.10 bits per heavy atom. The number of carbonyl (C=O) groups excluding carboxylic acids is 1. The van der Waals surface area contributed by atoms with Gasteiger partial charge in [0.05, 0.1) is 18.2 Å². The number of rotatable bonds is 6. The van der Waals surface area contributed by atoms with Crippen LogP contribution in [0.1, 0.15) is 34.3 Å². The van der Waals surface area contributed by atoms with E-state index in [9.17, 15) is 13.2 Å². The molecule has 2 aliphatic heterocycles. The van der Waals surface area contributed by atoms with Crippen LogP contribution in [-0.2, 0) is 27.7 Å². The Labute approximate surface area is 187 Å². The molecule has 9 heteroatoms. The lowest BCUT2D eigenvalue weighted by Crippen LogP contribution is -2.36. The van der Waals surface area contributed by atoms with Crippen molar-refractivity contribution >= 4 is 27.5 Å². The van der Waals surface area contributed by atoms with Gasteiger partial charge in [0.2, 0.25) is 10.0 Å². The van der Waals surface area contributed by atoms with Crippen molar-refractivity contribution in [1.82, 2.24) is 9.62 Å². The maximum atomic E-state index is 13.1. The van der Waals surface area contributed by atoms with Crippen LogP contribution in [-0.4, -0.2) is 52.1 Å². The summed E-state index contributed by atoms with van der Waals surface area (Å²) in [6.07, 6.45) is 2.33.